The Bertz CT molecular complexity index is 613. The first kappa shape index (κ1) is 13.0. The molecule has 0 radical (unpaired) electrons. The van der Waals surface area contributed by atoms with Crippen molar-refractivity contribution in [2.75, 3.05) is 0 Å². The minimum Gasteiger partial charge on any atom is -0.433 e. The molecule has 2 rings (SSSR count). The predicted molar refractivity (Wildman–Crippen MR) is 68.1 cm³/mol. The van der Waals surface area contributed by atoms with E-state index in [2.05, 4.69) is 4.98 Å². The average Bonchev–Trinajstić information content (AvgIpc) is 2.39. The Kier molecular flexibility index (Phi) is 3.72. The van der Waals surface area contributed by atoms with Crippen LogP contribution in [-0.2, 0) is 6.61 Å². The van der Waals surface area contributed by atoms with Gasteiger partial charge in [0.15, 0.2) is 0 Å². The minimum atomic E-state index is -0.529. The van der Waals surface area contributed by atoms with E-state index in [0.29, 0.717) is 16.9 Å². The quantitative estimate of drug-likeness (QED) is 0.674. The van der Waals surface area contributed by atoms with Gasteiger partial charge in [0, 0.05) is 17.3 Å². The lowest BCUT2D eigenvalue weighted by molar-refractivity contribution is -0.386. The summed E-state index contributed by atoms with van der Waals surface area (Å²) in [5, 5.41) is 20.2. The molecule has 0 spiro atoms. The van der Waals surface area contributed by atoms with Crippen LogP contribution < -0.4 is 4.74 Å². The van der Waals surface area contributed by atoms with E-state index >= 15 is 0 Å². The summed E-state index contributed by atoms with van der Waals surface area (Å²) >= 11 is 0. The van der Waals surface area contributed by atoms with E-state index in [0.717, 1.165) is 0 Å². The lowest BCUT2D eigenvalue weighted by Gasteiger charge is -2.09. The molecule has 0 fully saturated rings. The van der Waals surface area contributed by atoms with Crippen molar-refractivity contribution in [2.45, 2.75) is 13.5 Å². The maximum Gasteiger partial charge on any atom is 0.334 e. The van der Waals surface area contributed by atoms with Gasteiger partial charge in [0.05, 0.1) is 11.5 Å². The highest BCUT2D eigenvalue weighted by Gasteiger charge is 2.21. The molecule has 0 aliphatic rings. The molecule has 1 N–H and O–H groups in total. The normalized spacial score (nSPS) is 10.2. The molecular formula is C13H12N2O4. The third kappa shape index (κ3) is 2.69. The molecule has 6 nitrogen and oxygen atoms in total. The van der Waals surface area contributed by atoms with Crippen molar-refractivity contribution in [3.05, 3.63) is 57.8 Å². The van der Waals surface area contributed by atoms with Gasteiger partial charge in [0.25, 0.3) is 5.88 Å². The van der Waals surface area contributed by atoms with Crippen LogP contribution in [0, 0.1) is 17.0 Å². The van der Waals surface area contributed by atoms with Crippen LogP contribution in [0.4, 0.5) is 5.69 Å². The molecule has 98 valence electrons. The molecule has 0 bridgehead atoms. The van der Waals surface area contributed by atoms with Gasteiger partial charge in [-0.25, -0.2) is 4.98 Å². The topological polar surface area (TPSA) is 85.5 Å². The number of para-hydroxylation sites is 1. The molecule has 1 aromatic carbocycles. The third-order valence-electron chi connectivity index (χ3n) is 2.62. The van der Waals surface area contributed by atoms with E-state index in [1.165, 1.54) is 6.20 Å². The summed E-state index contributed by atoms with van der Waals surface area (Å²) in [6.45, 7) is 1.40. The average molecular weight is 260 g/mol. The molecule has 0 saturated heterocycles. The zero-order valence-electron chi connectivity index (χ0n) is 10.2. The molecule has 0 aliphatic heterocycles. The summed E-state index contributed by atoms with van der Waals surface area (Å²) in [7, 11) is 0. The molecule has 6 heteroatoms. The van der Waals surface area contributed by atoms with Gasteiger partial charge in [-0.3, -0.25) is 10.1 Å². The number of pyridine rings is 1. The van der Waals surface area contributed by atoms with Crippen molar-refractivity contribution in [1.29, 1.82) is 0 Å². The molecular weight excluding hydrogens is 248 g/mol. The first-order valence-corrected chi connectivity index (χ1v) is 5.60. The maximum absolute atomic E-state index is 11.0. The van der Waals surface area contributed by atoms with Crippen LogP contribution in [-0.4, -0.2) is 15.0 Å². The van der Waals surface area contributed by atoms with Crippen molar-refractivity contribution in [3.8, 4) is 11.6 Å². The standard InChI is InChI=1S/C13H12N2O4/c1-9-6-7-14-13(12(9)15(17)18)19-11-5-3-2-4-10(11)8-16/h2-7,16H,8H2,1H3. The number of aromatic nitrogens is 1. The van der Waals surface area contributed by atoms with Crippen molar-refractivity contribution in [2.24, 2.45) is 0 Å². The van der Waals surface area contributed by atoms with Crippen LogP contribution >= 0.6 is 0 Å². The highest BCUT2D eigenvalue weighted by atomic mass is 16.6. The van der Waals surface area contributed by atoms with Gasteiger partial charge < -0.3 is 9.84 Å². The molecule has 2 aromatic rings. The van der Waals surface area contributed by atoms with Crippen molar-refractivity contribution >= 4 is 5.69 Å². The zero-order chi connectivity index (χ0) is 13.8. The summed E-state index contributed by atoms with van der Waals surface area (Å²) in [4.78, 5) is 14.4. The number of ether oxygens (including phenoxy) is 1. The van der Waals surface area contributed by atoms with E-state index in [1.807, 2.05) is 0 Å². The zero-order valence-corrected chi connectivity index (χ0v) is 10.2. The number of nitrogens with zero attached hydrogens (tertiary/aromatic N) is 2. The number of hydrogen-bond donors (Lipinski definition) is 1. The fourth-order valence-electron chi connectivity index (χ4n) is 1.66. The Morgan fingerprint density at radius 1 is 1.37 bits per heavy atom. The molecule has 0 aliphatic carbocycles. The second-order valence-corrected chi connectivity index (χ2v) is 3.91. The van der Waals surface area contributed by atoms with Crippen molar-refractivity contribution in [1.82, 2.24) is 4.98 Å². The molecule has 1 aromatic heterocycles. The molecule has 0 atom stereocenters. The second-order valence-electron chi connectivity index (χ2n) is 3.91. The van der Waals surface area contributed by atoms with Crippen LogP contribution in [0.5, 0.6) is 11.6 Å². The number of benzene rings is 1. The molecule has 0 unspecified atom stereocenters. The maximum atomic E-state index is 11.0. The third-order valence-corrected chi connectivity index (χ3v) is 2.62. The first-order chi connectivity index (χ1) is 9.13. The van der Waals surface area contributed by atoms with Gasteiger partial charge in [-0.15, -0.1) is 0 Å². The Morgan fingerprint density at radius 2 is 2.11 bits per heavy atom. The molecule has 19 heavy (non-hydrogen) atoms. The number of rotatable bonds is 4. The van der Waals surface area contributed by atoms with Crippen LogP contribution in [0.1, 0.15) is 11.1 Å². The number of aliphatic hydroxyl groups is 1. The fraction of sp³-hybridized carbons (Fsp3) is 0.154. The highest BCUT2D eigenvalue weighted by molar-refractivity contribution is 5.49. The van der Waals surface area contributed by atoms with E-state index in [9.17, 15) is 15.2 Å². The first-order valence-electron chi connectivity index (χ1n) is 5.60. The van der Waals surface area contributed by atoms with Gasteiger partial charge >= 0.3 is 5.69 Å². The minimum absolute atomic E-state index is 0.0779. The molecule has 0 saturated carbocycles. The Morgan fingerprint density at radius 3 is 2.79 bits per heavy atom. The van der Waals surface area contributed by atoms with Gasteiger partial charge in [0.2, 0.25) is 0 Å². The van der Waals surface area contributed by atoms with E-state index in [-0.39, 0.29) is 18.2 Å². The second kappa shape index (κ2) is 5.45. The lowest BCUT2D eigenvalue weighted by atomic mass is 10.2. The highest BCUT2D eigenvalue weighted by Crippen LogP contribution is 2.32. The van der Waals surface area contributed by atoms with Gasteiger partial charge in [0.1, 0.15) is 5.75 Å². The number of aliphatic hydroxyl groups excluding tert-OH is 1. The SMILES string of the molecule is Cc1ccnc(Oc2ccccc2CO)c1[N+](=O)[O-]. The van der Waals surface area contributed by atoms with E-state index in [4.69, 9.17) is 4.74 Å². The van der Waals surface area contributed by atoms with Crippen LogP contribution in [0.15, 0.2) is 36.5 Å². The van der Waals surface area contributed by atoms with Crippen LogP contribution in [0.2, 0.25) is 0 Å². The Hall–Kier alpha value is -2.47. The summed E-state index contributed by atoms with van der Waals surface area (Å²) < 4.78 is 5.46. The summed E-state index contributed by atoms with van der Waals surface area (Å²) in [6.07, 6.45) is 1.44. The van der Waals surface area contributed by atoms with Gasteiger partial charge in [-0.2, -0.15) is 0 Å². The predicted octanol–water partition coefficient (Wildman–Crippen LogP) is 2.58. The number of hydrogen-bond acceptors (Lipinski definition) is 5. The molecule has 1 heterocycles. The Labute approximate surface area is 109 Å². The number of aryl methyl sites for hydroxylation is 1. The summed E-state index contributed by atoms with van der Waals surface area (Å²) in [5.74, 6) is 0.275. The van der Waals surface area contributed by atoms with Crippen molar-refractivity contribution in [3.63, 3.8) is 0 Å². The largest absolute Gasteiger partial charge is 0.433 e. The van der Waals surface area contributed by atoms with Crippen LogP contribution in [0.25, 0.3) is 0 Å². The van der Waals surface area contributed by atoms with E-state index < -0.39 is 4.92 Å². The monoisotopic (exact) mass is 260 g/mol. The summed E-state index contributed by atoms with van der Waals surface area (Å²) in [6, 6.07) is 8.31. The molecule has 0 amide bonds. The lowest BCUT2D eigenvalue weighted by Crippen LogP contribution is -1.99. The fourth-order valence-corrected chi connectivity index (χ4v) is 1.66. The Balaban J connectivity index is 2.44. The van der Waals surface area contributed by atoms with Crippen molar-refractivity contribution < 1.29 is 14.8 Å². The van der Waals surface area contributed by atoms with Gasteiger partial charge in [-0.05, 0) is 19.1 Å². The summed E-state index contributed by atoms with van der Waals surface area (Å²) in [5.41, 5.74) is 0.840. The smallest absolute Gasteiger partial charge is 0.334 e. The van der Waals surface area contributed by atoms with E-state index in [1.54, 1.807) is 37.3 Å². The number of nitro groups is 1. The van der Waals surface area contributed by atoms with Crippen LogP contribution in [0.3, 0.4) is 0 Å². The van der Waals surface area contributed by atoms with Gasteiger partial charge in [-0.1, -0.05) is 18.2 Å².